The van der Waals surface area contributed by atoms with E-state index in [1.54, 1.807) is 0 Å². The van der Waals surface area contributed by atoms with Gasteiger partial charge in [0.2, 0.25) is 0 Å². The molecular formula is C29H39FN4O2. The molecule has 1 unspecified atom stereocenters. The maximum Gasteiger partial charge on any atom is 0.317 e. The van der Waals surface area contributed by atoms with E-state index < -0.39 is 0 Å². The first-order chi connectivity index (χ1) is 17.5. The van der Waals surface area contributed by atoms with E-state index in [1.165, 1.54) is 35.4 Å². The van der Waals surface area contributed by atoms with Gasteiger partial charge in [-0.05, 0) is 98.5 Å². The Kier molecular flexibility index (Phi) is 8.97. The second-order valence-corrected chi connectivity index (χ2v) is 10.1. The van der Waals surface area contributed by atoms with Crippen LogP contribution in [0.2, 0.25) is 0 Å². The lowest BCUT2D eigenvalue weighted by Crippen LogP contribution is -2.47. The van der Waals surface area contributed by atoms with Gasteiger partial charge in [-0.3, -0.25) is 4.79 Å². The van der Waals surface area contributed by atoms with Crippen LogP contribution in [0.4, 0.5) is 14.9 Å². The number of anilines is 1. The molecule has 1 heterocycles. The van der Waals surface area contributed by atoms with Crippen molar-refractivity contribution >= 4 is 17.6 Å². The van der Waals surface area contributed by atoms with Crippen molar-refractivity contribution in [2.24, 2.45) is 5.92 Å². The highest BCUT2D eigenvalue weighted by Gasteiger charge is 2.28. The number of hydrogen-bond acceptors (Lipinski definition) is 3. The number of benzene rings is 2. The number of carbonyl (C=O) groups is 2. The van der Waals surface area contributed by atoms with Crippen molar-refractivity contribution < 1.29 is 14.0 Å². The molecule has 1 saturated heterocycles. The van der Waals surface area contributed by atoms with Crippen LogP contribution in [0.1, 0.15) is 61.0 Å². The van der Waals surface area contributed by atoms with Crippen LogP contribution >= 0.6 is 0 Å². The minimum Gasteiger partial charge on any atom is -0.338 e. The van der Waals surface area contributed by atoms with Crippen LogP contribution in [-0.2, 0) is 12.8 Å². The standard InChI is InChI=1S/C29H39FN4O2/c1-3-15-31-29(36)34-16-13-21(14-17-34)20-33(4-2)27-12-8-22-7-11-26(18-24(22)19-27)32-28(35)23-5-9-25(30)10-6-23/h5-7,9-11,18,21,27H,3-4,8,12-17,19-20H2,1-2H3,(H,31,36)(H,32,35). The highest BCUT2D eigenvalue weighted by molar-refractivity contribution is 6.04. The monoisotopic (exact) mass is 494 g/mol. The van der Waals surface area contributed by atoms with E-state index >= 15 is 0 Å². The molecule has 0 radical (unpaired) electrons. The number of urea groups is 1. The molecule has 36 heavy (non-hydrogen) atoms. The van der Waals surface area contributed by atoms with E-state index in [-0.39, 0.29) is 17.8 Å². The van der Waals surface area contributed by atoms with Crippen LogP contribution in [0.15, 0.2) is 42.5 Å². The van der Waals surface area contributed by atoms with E-state index in [9.17, 15) is 14.0 Å². The number of rotatable bonds is 8. The summed E-state index contributed by atoms with van der Waals surface area (Å²) in [6, 6.07) is 12.4. The van der Waals surface area contributed by atoms with Crippen LogP contribution in [0.25, 0.3) is 0 Å². The third-order valence-electron chi connectivity index (χ3n) is 7.62. The predicted octanol–water partition coefficient (Wildman–Crippen LogP) is 5.09. The lowest BCUT2D eigenvalue weighted by molar-refractivity contribution is 0.102. The molecule has 1 fully saturated rings. The van der Waals surface area contributed by atoms with Crippen molar-refractivity contribution in [1.29, 1.82) is 0 Å². The summed E-state index contributed by atoms with van der Waals surface area (Å²) in [5, 5.41) is 5.96. The van der Waals surface area contributed by atoms with E-state index in [2.05, 4.69) is 41.5 Å². The summed E-state index contributed by atoms with van der Waals surface area (Å²) in [6.45, 7) is 8.80. The summed E-state index contributed by atoms with van der Waals surface area (Å²) >= 11 is 0. The fourth-order valence-corrected chi connectivity index (χ4v) is 5.46. The van der Waals surface area contributed by atoms with Gasteiger partial charge in [-0.25, -0.2) is 9.18 Å². The number of aryl methyl sites for hydroxylation is 1. The minimum absolute atomic E-state index is 0.0776. The number of nitrogens with zero attached hydrogens (tertiary/aromatic N) is 2. The second-order valence-electron chi connectivity index (χ2n) is 10.1. The average molecular weight is 495 g/mol. The average Bonchev–Trinajstić information content (AvgIpc) is 2.90. The number of hydrogen-bond donors (Lipinski definition) is 2. The van der Waals surface area contributed by atoms with Crippen LogP contribution in [-0.4, -0.2) is 60.5 Å². The molecule has 2 aromatic carbocycles. The molecule has 1 aliphatic carbocycles. The number of carbonyl (C=O) groups excluding carboxylic acids is 2. The number of fused-ring (bicyclic) bond motifs is 1. The van der Waals surface area contributed by atoms with Crippen LogP contribution in [0, 0.1) is 11.7 Å². The van der Waals surface area contributed by atoms with Gasteiger partial charge in [0.15, 0.2) is 0 Å². The summed E-state index contributed by atoms with van der Waals surface area (Å²) in [5.41, 5.74) is 3.87. The summed E-state index contributed by atoms with van der Waals surface area (Å²) in [6.07, 6.45) is 6.22. The van der Waals surface area contributed by atoms with Crippen molar-refractivity contribution in [2.45, 2.75) is 58.4 Å². The Balaban J connectivity index is 1.32. The van der Waals surface area contributed by atoms with Crippen molar-refractivity contribution in [3.05, 3.63) is 65.0 Å². The molecule has 0 bridgehead atoms. The Labute approximate surface area is 214 Å². The molecule has 2 N–H and O–H groups in total. The fraction of sp³-hybridized carbons (Fsp3) is 0.517. The molecule has 2 aliphatic rings. The first kappa shape index (κ1) is 26.1. The molecule has 3 amide bonds. The normalized spacial score (nSPS) is 18.1. The Morgan fingerprint density at radius 3 is 2.47 bits per heavy atom. The van der Waals surface area contributed by atoms with Gasteiger partial charge in [-0.1, -0.05) is 19.9 Å². The van der Waals surface area contributed by atoms with Gasteiger partial charge in [0, 0.05) is 43.5 Å². The van der Waals surface area contributed by atoms with Gasteiger partial charge in [0.1, 0.15) is 5.82 Å². The van der Waals surface area contributed by atoms with Crippen LogP contribution in [0.5, 0.6) is 0 Å². The zero-order valence-electron chi connectivity index (χ0n) is 21.6. The van der Waals surface area contributed by atoms with Gasteiger partial charge < -0.3 is 20.4 Å². The van der Waals surface area contributed by atoms with Gasteiger partial charge >= 0.3 is 6.03 Å². The van der Waals surface area contributed by atoms with Crippen molar-refractivity contribution in [1.82, 2.24) is 15.1 Å². The molecule has 194 valence electrons. The topological polar surface area (TPSA) is 64.7 Å². The number of halogens is 1. The molecule has 1 atom stereocenters. The number of nitrogens with one attached hydrogen (secondary N) is 2. The molecule has 6 nitrogen and oxygen atoms in total. The number of likely N-dealkylation sites (N-methyl/N-ethyl adjacent to an activating group) is 1. The molecule has 0 saturated carbocycles. The maximum atomic E-state index is 13.2. The second kappa shape index (κ2) is 12.3. The van der Waals surface area contributed by atoms with E-state index in [0.717, 1.165) is 76.9 Å². The van der Waals surface area contributed by atoms with Crippen LogP contribution in [0.3, 0.4) is 0 Å². The molecule has 7 heteroatoms. The SMILES string of the molecule is CCCNC(=O)N1CCC(CN(CC)C2CCc3ccc(NC(=O)c4ccc(F)cc4)cc3C2)CC1. The lowest BCUT2D eigenvalue weighted by atomic mass is 9.86. The van der Waals surface area contributed by atoms with E-state index in [1.807, 2.05) is 11.0 Å². The van der Waals surface area contributed by atoms with E-state index in [0.29, 0.717) is 17.5 Å². The molecule has 2 aromatic rings. The molecule has 4 rings (SSSR count). The lowest BCUT2D eigenvalue weighted by Gasteiger charge is -2.39. The molecule has 0 aromatic heterocycles. The Morgan fingerprint density at radius 1 is 1.03 bits per heavy atom. The Morgan fingerprint density at radius 2 is 1.78 bits per heavy atom. The third-order valence-corrected chi connectivity index (χ3v) is 7.62. The minimum atomic E-state index is -0.352. The van der Waals surface area contributed by atoms with Gasteiger partial charge in [-0.2, -0.15) is 0 Å². The van der Waals surface area contributed by atoms with Crippen LogP contribution < -0.4 is 10.6 Å². The number of piperidine rings is 1. The zero-order chi connectivity index (χ0) is 25.5. The highest BCUT2D eigenvalue weighted by atomic mass is 19.1. The maximum absolute atomic E-state index is 13.2. The zero-order valence-corrected chi connectivity index (χ0v) is 21.6. The summed E-state index contributed by atoms with van der Waals surface area (Å²) < 4.78 is 13.2. The number of amides is 3. The fourth-order valence-electron chi connectivity index (χ4n) is 5.46. The molecule has 0 spiro atoms. The first-order valence-electron chi connectivity index (χ1n) is 13.4. The summed E-state index contributed by atoms with van der Waals surface area (Å²) in [7, 11) is 0. The largest absolute Gasteiger partial charge is 0.338 e. The smallest absolute Gasteiger partial charge is 0.317 e. The molecule has 1 aliphatic heterocycles. The summed E-state index contributed by atoms with van der Waals surface area (Å²) in [4.78, 5) is 29.4. The summed E-state index contributed by atoms with van der Waals surface area (Å²) in [5.74, 6) is 0.0324. The van der Waals surface area contributed by atoms with Crippen molar-refractivity contribution in [3.63, 3.8) is 0 Å². The van der Waals surface area contributed by atoms with Gasteiger partial charge in [0.05, 0.1) is 0 Å². The van der Waals surface area contributed by atoms with Gasteiger partial charge in [-0.15, -0.1) is 0 Å². The molecular weight excluding hydrogens is 455 g/mol. The Hall–Kier alpha value is -2.93. The van der Waals surface area contributed by atoms with Gasteiger partial charge in [0.25, 0.3) is 5.91 Å². The quantitative estimate of drug-likeness (QED) is 0.537. The predicted molar refractivity (Wildman–Crippen MR) is 142 cm³/mol. The van der Waals surface area contributed by atoms with Crippen molar-refractivity contribution in [2.75, 3.05) is 38.0 Å². The third kappa shape index (κ3) is 6.64. The highest BCUT2D eigenvalue weighted by Crippen LogP contribution is 2.29. The number of likely N-dealkylation sites (tertiary alicyclic amines) is 1. The first-order valence-corrected chi connectivity index (χ1v) is 13.4. The van der Waals surface area contributed by atoms with E-state index in [4.69, 9.17) is 0 Å². The Bertz CT molecular complexity index is 1030. The van der Waals surface area contributed by atoms with Crippen molar-refractivity contribution in [3.8, 4) is 0 Å².